The Bertz CT molecular complexity index is 418. The Balaban J connectivity index is 1.53. The van der Waals surface area contributed by atoms with Crippen molar-refractivity contribution < 1.29 is 13.2 Å². The van der Waals surface area contributed by atoms with Gasteiger partial charge in [0.25, 0.3) is 0 Å². The Morgan fingerprint density at radius 1 is 1.37 bits per heavy atom. The zero-order valence-electron chi connectivity index (χ0n) is 11.3. The zero-order chi connectivity index (χ0) is 13.3. The lowest BCUT2D eigenvalue weighted by Crippen LogP contribution is -2.49. The van der Waals surface area contributed by atoms with Gasteiger partial charge in [-0.1, -0.05) is 0 Å². The highest BCUT2D eigenvalue weighted by molar-refractivity contribution is 7.99. The molecule has 0 aromatic carbocycles. The molecule has 3 unspecified atom stereocenters. The first-order valence-corrected chi connectivity index (χ1v) is 10.1. The molecule has 3 atom stereocenters. The number of sulfone groups is 1. The number of hydrogen-bond acceptors (Lipinski definition) is 5. The standard InChI is InChI=1S/C13H23NO3S2/c15-19(16)7-1-2-12(19)9-14-11-3-5-17-13(8-11)4-6-18-10-13/h11-12,14H,1-10H2. The van der Waals surface area contributed by atoms with Gasteiger partial charge in [0.1, 0.15) is 0 Å². The van der Waals surface area contributed by atoms with Crippen LogP contribution in [-0.4, -0.2) is 55.7 Å². The molecule has 4 nitrogen and oxygen atoms in total. The van der Waals surface area contributed by atoms with Gasteiger partial charge in [0, 0.05) is 24.9 Å². The van der Waals surface area contributed by atoms with Crippen LogP contribution in [0.3, 0.4) is 0 Å². The molecule has 3 rings (SSSR count). The van der Waals surface area contributed by atoms with E-state index in [1.54, 1.807) is 0 Å². The summed E-state index contributed by atoms with van der Waals surface area (Å²) in [6.07, 6.45) is 4.88. The van der Waals surface area contributed by atoms with Crippen LogP contribution in [0.5, 0.6) is 0 Å². The monoisotopic (exact) mass is 305 g/mol. The van der Waals surface area contributed by atoms with Gasteiger partial charge >= 0.3 is 0 Å². The fraction of sp³-hybridized carbons (Fsp3) is 1.00. The van der Waals surface area contributed by atoms with Crippen LogP contribution in [-0.2, 0) is 14.6 Å². The average Bonchev–Trinajstić information content (AvgIpc) is 2.94. The highest BCUT2D eigenvalue weighted by Crippen LogP contribution is 2.38. The molecule has 110 valence electrons. The van der Waals surface area contributed by atoms with Gasteiger partial charge in [-0.3, -0.25) is 0 Å². The summed E-state index contributed by atoms with van der Waals surface area (Å²) in [7, 11) is -2.81. The van der Waals surface area contributed by atoms with Gasteiger partial charge in [-0.05, 0) is 37.9 Å². The van der Waals surface area contributed by atoms with E-state index in [0.717, 1.165) is 44.5 Å². The maximum absolute atomic E-state index is 11.8. The zero-order valence-corrected chi connectivity index (χ0v) is 12.9. The SMILES string of the molecule is O=S1(=O)CCCC1CNC1CCOC2(CCSC2)C1. The second-order valence-corrected chi connectivity index (χ2v) is 9.57. The van der Waals surface area contributed by atoms with Crippen LogP contribution in [0.2, 0.25) is 0 Å². The lowest BCUT2D eigenvalue weighted by Gasteiger charge is -2.38. The third kappa shape index (κ3) is 3.12. The van der Waals surface area contributed by atoms with Gasteiger partial charge in [-0.2, -0.15) is 11.8 Å². The predicted octanol–water partition coefficient (Wildman–Crippen LogP) is 1.21. The summed E-state index contributed by atoms with van der Waals surface area (Å²) < 4.78 is 29.6. The number of nitrogens with one attached hydrogen (secondary N) is 1. The van der Waals surface area contributed by atoms with Crippen molar-refractivity contribution in [3.05, 3.63) is 0 Å². The number of rotatable bonds is 3. The first-order chi connectivity index (χ1) is 9.10. The Hall–Kier alpha value is 0.220. The summed E-state index contributed by atoms with van der Waals surface area (Å²) in [4.78, 5) is 0. The predicted molar refractivity (Wildman–Crippen MR) is 78.5 cm³/mol. The van der Waals surface area contributed by atoms with Gasteiger partial charge in [-0.15, -0.1) is 0 Å². The average molecular weight is 305 g/mol. The first-order valence-electron chi connectivity index (χ1n) is 7.26. The van der Waals surface area contributed by atoms with Crippen molar-refractivity contribution in [3.63, 3.8) is 0 Å². The smallest absolute Gasteiger partial charge is 0.154 e. The molecule has 0 aliphatic carbocycles. The van der Waals surface area contributed by atoms with Crippen LogP contribution >= 0.6 is 11.8 Å². The molecular formula is C13H23NO3S2. The summed E-state index contributed by atoms with van der Waals surface area (Å²) in [6, 6.07) is 0.434. The van der Waals surface area contributed by atoms with Crippen molar-refractivity contribution in [2.75, 3.05) is 30.4 Å². The quantitative estimate of drug-likeness (QED) is 0.849. The minimum absolute atomic E-state index is 0.0785. The minimum Gasteiger partial charge on any atom is -0.374 e. The fourth-order valence-electron chi connectivity index (χ4n) is 3.45. The molecule has 3 aliphatic heterocycles. The van der Waals surface area contributed by atoms with Crippen LogP contribution in [0, 0.1) is 0 Å². The van der Waals surface area contributed by atoms with Crippen LogP contribution in [0.1, 0.15) is 32.1 Å². The van der Waals surface area contributed by atoms with Crippen molar-refractivity contribution in [1.29, 1.82) is 0 Å². The first kappa shape index (κ1) is 14.2. The van der Waals surface area contributed by atoms with Crippen molar-refractivity contribution in [3.8, 4) is 0 Å². The van der Waals surface area contributed by atoms with Crippen LogP contribution in [0.4, 0.5) is 0 Å². The van der Waals surface area contributed by atoms with E-state index >= 15 is 0 Å². The second-order valence-electron chi connectivity index (χ2n) is 6.06. The fourth-order valence-corrected chi connectivity index (χ4v) is 6.61. The summed E-state index contributed by atoms with van der Waals surface area (Å²) in [5, 5.41) is 3.35. The molecule has 3 fully saturated rings. The molecule has 0 aromatic heterocycles. The molecule has 1 spiro atoms. The maximum atomic E-state index is 11.8. The van der Waals surface area contributed by atoms with E-state index in [1.807, 2.05) is 11.8 Å². The molecule has 0 aromatic rings. The van der Waals surface area contributed by atoms with Crippen LogP contribution in [0.15, 0.2) is 0 Å². The molecule has 3 saturated heterocycles. The third-order valence-electron chi connectivity index (χ3n) is 4.66. The lowest BCUT2D eigenvalue weighted by atomic mass is 9.90. The molecule has 3 heterocycles. The molecule has 3 aliphatic rings. The van der Waals surface area contributed by atoms with Crippen molar-refractivity contribution in [2.45, 2.75) is 49.0 Å². The molecule has 0 bridgehead atoms. The third-order valence-corrected chi connectivity index (χ3v) is 8.16. The van der Waals surface area contributed by atoms with E-state index in [2.05, 4.69) is 5.32 Å². The highest BCUT2D eigenvalue weighted by Gasteiger charge is 2.41. The summed E-state index contributed by atoms with van der Waals surface area (Å²) in [5.41, 5.74) is 0.0785. The summed E-state index contributed by atoms with van der Waals surface area (Å²) in [6.45, 7) is 1.45. The van der Waals surface area contributed by atoms with Gasteiger partial charge in [0.05, 0.1) is 16.6 Å². The molecule has 0 amide bonds. The molecule has 1 N–H and O–H groups in total. The molecule has 19 heavy (non-hydrogen) atoms. The maximum Gasteiger partial charge on any atom is 0.154 e. The van der Waals surface area contributed by atoms with Crippen molar-refractivity contribution in [2.24, 2.45) is 0 Å². The minimum atomic E-state index is -2.81. The van der Waals surface area contributed by atoms with Gasteiger partial charge in [0.2, 0.25) is 0 Å². The van der Waals surface area contributed by atoms with Gasteiger partial charge in [0.15, 0.2) is 9.84 Å². The Kier molecular flexibility index (Phi) is 4.13. The van der Waals surface area contributed by atoms with Gasteiger partial charge in [-0.25, -0.2) is 8.42 Å². The molecule has 0 radical (unpaired) electrons. The normalized spacial score (nSPS) is 41.9. The highest BCUT2D eigenvalue weighted by atomic mass is 32.2. The summed E-state index contributed by atoms with van der Waals surface area (Å²) >= 11 is 1.98. The Labute approximate surface area is 120 Å². The molecule has 6 heteroatoms. The number of hydrogen-bond donors (Lipinski definition) is 1. The van der Waals surface area contributed by atoms with E-state index < -0.39 is 9.84 Å². The van der Waals surface area contributed by atoms with Crippen molar-refractivity contribution >= 4 is 21.6 Å². The summed E-state index contributed by atoms with van der Waals surface area (Å²) in [5.74, 6) is 2.68. The van der Waals surface area contributed by atoms with Gasteiger partial charge < -0.3 is 10.1 Å². The van der Waals surface area contributed by atoms with Crippen LogP contribution in [0.25, 0.3) is 0 Å². The topological polar surface area (TPSA) is 55.4 Å². The van der Waals surface area contributed by atoms with E-state index in [1.165, 1.54) is 5.75 Å². The number of thioether (sulfide) groups is 1. The van der Waals surface area contributed by atoms with E-state index in [0.29, 0.717) is 18.3 Å². The Morgan fingerprint density at radius 3 is 2.95 bits per heavy atom. The number of ether oxygens (including phenoxy) is 1. The Morgan fingerprint density at radius 2 is 2.26 bits per heavy atom. The molecule has 0 saturated carbocycles. The molecular weight excluding hydrogens is 282 g/mol. The lowest BCUT2D eigenvalue weighted by molar-refractivity contribution is -0.0700. The van der Waals surface area contributed by atoms with E-state index in [9.17, 15) is 8.42 Å². The van der Waals surface area contributed by atoms with E-state index in [-0.39, 0.29) is 10.9 Å². The second kappa shape index (κ2) is 5.54. The van der Waals surface area contributed by atoms with Crippen LogP contribution < -0.4 is 5.32 Å². The van der Waals surface area contributed by atoms with Crippen molar-refractivity contribution in [1.82, 2.24) is 5.32 Å². The van der Waals surface area contributed by atoms with E-state index in [4.69, 9.17) is 4.74 Å². The largest absolute Gasteiger partial charge is 0.374 e.